The van der Waals surface area contributed by atoms with Gasteiger partial charge >= 0.3 is 0 Å². The molecule has 94 valence electrons. The minimum atomic E-state index is -0.0498. The van der Waals surface area contributed by atoms with E-state index < -0.39 is 0 Å². The van der Waals surface area contributed by atoms with Crippen molar-refractivity contribution in [3.63, 3.8) is 0 Å². The molecule has 2 aromatic rings. The fourth-order valence-corrected chi connectivity index (χ4v) is 2.23. The van der Waals surface area contributed by atoms with Gasteiger partial charge in [0.2, 0.25) is 0 Å². The van der Waals surface area contributed by atoms with Crippen molar-refractivity contribution >= 4 is 16.9 Å². The van der Waals surface area contributed by atoms with Gasteiger partial charge in [0.05, 0.1) is 12.6 Å². The highest BCUT2D eigenvalue weighted by Gasteiger charge is 2.18. The minimum Gasteiger partial charge on any atom is -0.461 e. The maximum absolute atomic E-state index is 12.1. The number of nitrogens with one attached hydrogen (secondary N) is 1. The topological polar surface area (TPSA) is 51.5 Å². The maximum atomic E-state index is 12.1. The third-order valence-corrected chi connectivity index (χ3v) is 3.17. The van der Waals surface area contributed by atoms with Crippen molar-refractivity contribution in [2.24, 2.45) is 0 Å². The van der Waals surface area contributed by atoms with Gasteiger partial charge in [0, 0.05) is 17.6 Å². The largest absolute Gasteiger partial charge is 0.461 e. The summed E-state index contributed by atoms with van der Waals surface area (Å²) in [6.45, 7) is 3.24. The number of ether oxygens (including phenoxy) is 1. The van der Waals surface area contributed by atoms with E-state index in [9.17, 15) is 4.79 Å². The van der Waals surface area contributed by atoms with Crippen LogP contribution in [-0.2, 0) is 4.74 Å². The lowest BCUT2D eigenvalue weighted by Crippen LogP contribution is -2.34. The lowest BCUT2D eigenvalue weighted by molar-refractivity contribution is 0.0930. The molecule has 0 unspecified atom stereocenters. The second-order valence-corrected chi connectivity index (χ2v) is 4.64. The van der Waals surface area contributed by atoms with Crippen LogP contribution in [0.25, 0.3) is 11.0 Å². The summed E-state index contributed by atoms with van der Waals surface area (Å²) in [5.41, 5.74) is 1.48. The number of carbonyl (C=O) groups excluding carboxylic acids is 1. The van der Waals surface area contributed by atoms with Gasteiger partial charge in [-0.05, 0) is 37.6 Å². The van der Waals surface area contributed by atoms with Crippen LogP contribution in [0.2, 0.25) is 0 Å². The minimum absolute atomic E-state index is 0.0498. The molecule has 0 bridgehead atoms. The second-order valence-electron chi connectivity index (χ2n) is 4.64. The van der Waals surface area contributed by atoms with Crippen LogP contribution < -0.4 is 5.32 Å². The van der Waals surface area contributed by atoms with Crippen molar-refractivity contribution in [3.8, 4) is 0 Å². The molecule has 1 aromatic heterocycles. The molecule has 2 heterocycles. The van der Waals surface area contributed by atoms with E-state index in [1.165, 1.54) is 0 Å². The number of furan rings is 1. The van der Waals surface area contributed by atoms with Crippen LogP contribution in [-0.4, -0.2) is 25.2 Å². The van der Waals surface area contributed by atoms with E-state index in [1.807, 2.05) is 25.1 Å². The zero-order valence-corrected chi connectivity index (χ0v) is 10.2. The molecule has 3 rings (SSSR count). The van der Waals surface area contributed by atoms with Crippen molar-refractivity contribution in [2.75, 3.05) is 13.2 Å². The predicted molar refractivity (Wildman–Crippen MR) is 67.6 cm³/mol. The summed E-state index contributed by atoms with van der Waals surface area (Å²) in [4.78, 5) is 12.1. The number of carbonyl (C=O) groups is 1. The third kappa shape index (κ3) is 2.11. The van der Waals surface area contributed by atoms with Gasteiger partial charge in [-0.2, -0.15) is 0 Å². The highest BCUT2D eigenvalue weighted by Crippen LogP contribution is 2.20. The Balaban J connectivity index is 1.81. The van der Waals surface area contributed by atoms with Crippen LogP contribution in [0.1, 0.15) is 22.5 Å². The van der Waals surface area contributed by atoms with Gasteiger partial charge in [-0.15, -0.1) is 0 Å². The quantitative estimate of drug-likeness (QED) is 0.883. The summed E-state index contributed by atoms with van der Waals surface area (Å²) in [5, 5.41) is 3.93. The Hall–Kier alpha value is -1.81. The number of amides is 1. The normalized spacial score (nSPS) is 19.3. The maximum Gasteiger partial charge on any atom is 0.251 e. The molecule has 1 N–H and O–H groups in total. The van der Waals surface area contributed by atoms with Crippen LogP contribution in [0.4, 0.5) is 0 Å². The molecule has 1 aromatic carbocycles. The predicted octanol–water partition coefficient (Wildman–Crippen LogP) is 2.26. The molecule has 4 heteroatoms. The van der Waals surface area contributed by atoms with E-state index in [-0.39, 0.29) is 11.9 Å². The van der Waals surface area contributed by atoms with Gasteiger partial charge in [0.25, 0.3) is 5.91 Å². The molecule has 18 heavy (non-hydrogen) atoms. The third-order valence-electron chi connectivity index (χ3n) is 3.17. The monoisotopic (exact) mass is 245 g/mol. The Morgan fingerprint density at radius 1 is 1.39 bits per heavy atom. The van der Waals surface area contributed by atoms with Crippen molar-refractivity contribution < 1.29 is 13.9 Å². The van der Waals surface area contributed by atoms with E-state index in [2.05, 4.69) is 5.32 Å². The smallest absolute Gasteiger partial charge is 0.251 e. The first-order valence-corrected chi connectivity index (χ1v) is 6.11. The second kappa shape index (κ2) is 4.46. The van der Waals surface area contributed by atoms with Crippen LogP contribution in [0.5, 0.6) is 0 Å². The van der Waals surface area contributed by atoms with Crippen LogP contribution >= 0.6 is 0 Å². The Labute approximate surface area is 105 Å². The van der Waals surface area contributed by atoms with E-state index in [1.54, 1.807) is 6.07 Å². The van der Waals surface area contributed by atoms with E-state index in [0.29, 0.717) is 12.2 Å². The molecular weight excluding hydrogens is 230 g/mol. The highest BCUT2D eigenvalue weighted by atomic mass is 16.5. The first-order chi connectivity index (χ1) is 8.72. The molecule has 4 nitrogen and oxygen atoms in total. The number of hydrogen-bond acceptors (Lipinski definition) is 3. The zero-order chi connectivity index (χ0) is 12.5. The first-order valence-electron chi connectivity index (χ1n) is 6.11. The Morgan fingerprint density at radius 3 is 3.06 bits per heavy atom. The summed E-state index contributed by atoms with van der Waals surface area (Å²) < 4.78 is 10.7. The van der Waals surface area contributed by atoms with E-state index >= 15 is 0 Å². The number of hydrogen-bond donors (Lipinski definition) is 1. The van der Waals surface area contributed by atoms with Gasteiger partial charge in [0.15, 0.2) is 0 Å². The fourth-order valence-electron chi connectivity index (χ4n) is 2.23. The van der Waals surface area contributed by atoms with Crippen molar-refractivity contribution in [1.29, 1.82) is 0 Å². The molecule has 1 aliphatic heterocycles. The fraction of sp³-hybridized carbons (Fsp3) is 0.357. The summed E-state index contributed by atoms with van der Waals surface area (Å²) >= 11 is 0. The van der Waals surface area contributed by atoms with Crippen molar-refractivity contribution in [2.45, 2.75) is 19.4 Å². The number of fused-ring (bicyclic) bond motifs is 1. The van der Waals surface area contributed by atoms with Crippen molar-refractivity contribution in [3.05, 3.63) is 35.6 Å². The standard InChI is InChI=1S/C14H15NO3/c1-9-6-11-7-10(2-3-13(11)18-9)14(16)15-12-4-5-17-8-12/h2-3,6-7,12H,4-5,8H2,1H3,(H,15,16)/t12-/m1/s1. The van der Waals surface area contributed by atoms with Gasteiger partial charge in [-0.3, -0.25) is 4.79 Å². The molecule has 0 radical (unpaired) electrons. The summed E-state index contributed by atoms with van der Waals surface area (Å²) in [6.07, 6.45) is 0.888. The average Bonchev–Trinajstić information content (AvgIpc) is 2.95. The molecule has 0 aliphatic carbocycles. The number of rotatable bonds is 2. The Morgan fingerprint density at radius 2 is 2.28 bits per heavy atom. The Bertz CT molecular complexity index is 582. The Kier molecular flexibility index (Phi) is 2.80. The lowest BCUT2D eigenvalue weighted by atomic mass is 10.1. The van der Waals surface area contributed by atoms with Gasteiger partial charge in [-0.25, -0.2) is 0 Å². The van der Waals surface area contributed by atoms with E-state index in [4.69, 9.17) is 9.15 Å². The first kappa shape index (κ1) is 11.3. The van der Waals surface area contributed by atoms with Gasteiger partial charge in [-0.1, -0.05) is 0 Å². The molecule has 1 fully saturated rings. The van der Waals surface area contributed by atoms with E-state index in [0.717, 1.165) is 29.8 Å². The molecule has 0 saturated carbocycles. The highest BCUT2D eigenvalue weighted by molar-refractivity contribution is 5.98. The van der Waals surface area contributed by atoms with Crippen LogP contribution in [0, 0.1) is 6.92 Å². The number of benzene rings is 1. The molecule has 0 spiro atoms. The molecule has 1 atom stereocenters. The lowest BCUT2D eigenvalue weighted by Gasteiger charge is -2.10. The average molecular weight is 245 g/mol. The SMILES string of the molecule is Cc1cc2cc(C(=O)N[C@@H]3CCOC3)ccc2o1. The summed E-state index contributed by atoms with van der Waals surface area (Å²) in [7, 11) is 0. The molecule has 1 saturated heterocycles. The van der Waals surface area contributed by atoms with Crippen LogP contribution in [0.15, 0.2) is 28.7 Å². The van der Waals surface area contributed by atoms with Gasteiger partial charge < -0.3 is 14.5 Å². The number of aryl methyl sites for hydroxylation is 1. The zero-order valence-electron chi connectivity index (χ0n) is 10.2. The molecular formula is C14H15NO3. The summed E-state index contributed by atoms with van der Waals surface area (Å²) in [5.74, 6) is 0.804. The van der Waals surface area contributed by atoms with Crippen LogP contribution in [0.3, 0.4) is 0 Å². The summed E-state index contributed by atoms with van der Waals surface area (Å²) in [6, 6.07) is 7.56. The molecule has 1 amide bonds. The van der Waals surface area contributed by atoms with Crippen molar-refractivity contribution in [1.82, 2.24) is 5.32 Å². The van der Waals surface area contributed by atoms with Gasteiger partial charge in [0.1, 0.15) is 11.3 Å². The molecule has 1 aliphatic rings.